The van der Waals surface area contributed by atoms with Gasteiger partial charge in [-0.2, -0.15) is 0 Å². The van der Waals surface area contributed by atoms with Crippen molar-refractivity contribution in [2.45, 2.75) is 257 Å². The van der Waals surface area contributed by atoms with E-state index in [1.807, 2.05) is 13.8 Å². The van der Waals surface area contributed by atoms with Crippen LogP contribution in [0.5, 0.6) is 11.5 Å². The van der Waals surface area contributed by atoms with E-state index in [9.17, 15) is 87.2 Å². The largest absolute Gasteiger partial charge is 0.508 e. The Kier molecular flexibility index (Phi) is 47.3. The summed E-state index contributed by atoms with van der Waals surface area (Å²) in [6.07, 6.45) is -2.24. The molecule has 0 aliphatic heterocycles. The number of carbonyl (C=O) groups excluding carboxylic acids is 16. The van der Waals surface area contributed by atoms with Gasteiger partial charge in [-0.3, -0.25) is 97.9 Å². The second-order valence-corrected chi connectivity index (χ2v) is 33.0. The van der Waals surface area contributed by atoms with Crippen LogP contribution in [0.25, 0.3) is 0 Å². The smallest absolute Gasteiger partial charge is 0.245 e. The number of carbonyl (C=O) groups is 16. The van der Waals surface area contributed by atoms with Crippen LogP contribution in [0.3, 0.4) is 0 Å². The van der Waals surface area contributed by atoms with Crippen LogP contribution in [0.1, 0.15) is 169 Å². The maximum Gasteiger partial charge on any atom is 0.245 e. The van der Waals surface area contributed by atoms with Crippen LogP contribution in [0.2, 0.25) is 0 Å². The standard InChI is InChI=1S/C83H132N26O19/c1-42(2)33-58(97-47(10)111)73(121)99-54(17-13-31-95-82(89)90)71(119)106-63(39-50-15-11-29-93-41-50)77(125)107-62(38-49-21-25-52(113)26-22-49)76(124)103-60(35-44(5)6)75(123)108-64(40-66(85)115)78(126)104-59(34-43(3)4)74(122)105-61(36-45(7)8)79(127)109-67(46(9)110)80(128)101-55(18-14-32-96-83(91)92)69(117)100-56(27-28-65(84)114)72(120)98-53(16-12-30-94-81(87)88)70(118)102-57(68(86)116)37-48-19-23-51(112)24-20-48/h11,15,19-26,29,41-46,53-64,67,110,112-113H,12-14,16-18,27-28,30-40H2,1-10H3,(H2,84,114)(H2,85,115)(H2,86,116)(H,97,111)(H,98,120)(H,99,121)(H,100,117)(H,101,128)(H,102,118)(H,103,124)(H,104,126)(H,105,122)(H,106,119)(H,107,125)(H,108,123)(H,109,127)(H4,87,88,94)(H4,89,90,95)(H4,91,92,96)/t46-,53+,54+,55+,56+,57+,58+,59+,60+,61+,62+,63+,64+,67+/m1/s1. The van der Waals surface area contributed by atoms with E-state index in [0.717, 1.165) is 6.92 Å². The first-order valence-electron chi connectivity index (χ1n) is 42.3. The summed E-state index contributed by atoms with van der Waals surface area (Å²) in [4.78, 5) is 229. The molecule has 0 unspecified atom stereocenters. The van der Waals surface area contributed by atoms with Crippen LogP contribution in [-0.2, 0) is 96.0 Å². The van der Waals surface area contributed by atoms with Crippen LogP contribution in [0.4, 0.5) is 0 Å². The molecule has 16 amide bonds. The van der Waals surface area contributed by atoms with E-state index in [1.54, 1.807) is 53.7 Å². The second kappa shape index (κ2) is 55.7. The summed E-state index contributed by atoms with van der Waals surface area (Å²) in [5, 5.41) is 95.3. The normalized spacial score (nSPS) is 14.4. The highest BCUT2D eigenvalue weighted by molar-refractivity contribution is 6.01. The number of pyridine rings is 1. The summed E-state index contributed by atoms with van der Waals surface area (Å²) in [6, 6.07) is -6.00. The number of aliphatic hydroxyl groups is 1. The second-order valence-electron chi connectivity index (χ2n) is 33.0. The molecule has 0 aliphatic rings. The molecule has 0 spiro atoms. The average molecular weight is 1800 g/mol. The van der Waals surface area contributed by atoms with E-state index in [-0.39, 0.29) is 126 Å². The number of nitrogens with two attached hydrogens (primary N) is 6. The number of hydrogen-bond acceptors (Lipinski definition) is 23. The molecule has 3 aromatic rings. The monoisotopic (exact) mass is 1800 g/mol. The third-order valence-corrected chi connectivity index (χ3v) is 19.5. The Hall–Kier alpha value is -13.5. The zero-order valence-corrected chi connectivity index (χ0v) is 74.0. The minimum atomic E-state index is -1.94. The Balaban J connectivity index is 2.03. The zero-order chi connectivity index (χ0) is 96.2. The number of nitrogens with zero attached hydrogens (tertiary/aromatic N) is 1. The summed E-state index contributed by atoms with van der Waals surface area (Å²) in [7, 11) is 0. The van der Waals surface area contributed by atoms with E-state index in [0.29, 0.717) is 16.7 Å². The minimum absolute atomic E-state index is 0.0167. The first-order chi connectivity index (χ1) is 60.1. The van der Waals surface area contributed by atoms with Crippen LogP contribution in [0.15, 0.2) is 73.1 Å². The summed E-state index contributed by atoms with van der Waals surface area (Å²) in [6.45, 7) is 16.1. The molecule has 128 heavy (non-hydrogen) atoms. The van der Waals surface area contributed by atoms with Crippen LogP contribution in [-0.4, -0.2) is 237 Å². The predicted octanol–water partition coefficient (Wildman–Crippen LogP) is -5.18. The highest BCUT2D eigenvalue weighted by Crippen LogP contribution is 2.19. The molecule has 0 saturated heterocycles. The third-order valence-electron chi connectivity index (χ3n) is 19.5. The molecule has 2 aromatic carbocycles. The van der Waals surface area contributed by atoms with Gasteiger partial charge >= 0.3 is 0 Å². The molecular formula is C83H132N26O19. The van der Waals surface area contributed by atoms with Gasteiger partial charge in [0.05, 0.1) is 12.5 Å². The van der Waals surface area contributed by atoms with Gasteiger partial charge in [-0.05, 0) is 148 Å². The quantitative estimate of drug-likeness (QED) is 0.0143. The first-order valence-corrected chi connectivity index (χ1v) is 42.3. The fourth-order valence-corrected chi connectivity index (χ4v) is 13.2. The summed E-state index contributed by atoms with van der Waals surface area (Å²) in [5.41, 5.74) is 34.6. The van der Waals surface area contributed by atoms with E-state index >= 15 is 4.79 Å². The lowest BCUT2D eigenvalue weighted by molar-refractivity contribution is -0.138. The van der Waals surface area contributed by atoms with Crippen molar-refractivity contribution >= 4 is 112 Å². The highest BCUT2D eigenvalue weighted by atomic mass is 16.3. The lowest BCUT2D eigenvalue weighted by Gasteiger charge is -2.30. The molecule has 0 fully saturated rings. The zero-order valence-electron chi connectivity index (χ0n) is 74.0. The maximum atomic E-state index is 15.0. The van der Waals surface area contributed by atoms with E-state index in [4.69, 9.17) is 50.6 Å². The number of rotatable bonds is 58. The number of phenolic OH excluding ortho intramolecular Hbond substituents is 2. The van der Waals surface area contributed by atoms with Crippen molar-refractivity contribution in [3.05, 3.63) is 89.7 Å². The summed E-state index contributed by atoms with van der Waals surface area (Å²) < 4.78 is 0. The molecule has 14 atom stereocenters. The molecule has 708 valence electrons. The molecule has 45 heteroatoms. The number of aliphatic hydroxyl groups excluding tert-OH is 1. The molecule has 1 aromatic heterocycles. The van der Waals surface area contributed by atoms with E-state index < -0.39 is 228 Å². The topological polar surface area (TPSA) is 767 Å². The molecule has 0 radical (unpaired) electrons. The molecule has 0 aliphatic carbocycles. The Morgan fingerprint density at radius 2 is 0.633 bits per heavy atom. The number of aromatic hydroxyl groups is 2. The van der Waals surface area contributed by atoms with E-state index in [2.05, 4.69) is 90.1 Å². The van der Waals surface area contributed by atoms with Crippen molar-refractivity contribution in [3.8, 4) is 11.5 Å². The fourth-order valence-electron chi connectivity index (χ4n) is 13.2. The van der Waals surface area contributed by atoms with Crippen LogP contribution in [0, 0.1) is 39.9 Å². The molecule has 0 saturated carbocycles. The van der Waals surface area contributed by atoms with Gasteiger partial charge in [0.2, 0.25) is 94.5 Å². The van der Waals surface area contributed by atoms with Crippen molar-refractivity contribution < 1.29 is 92.0 Å². The van der Waals surface area contributed by atoms with Crippen molar-refractivity contribution in [1.29, 1.82) is 16.2 Å². The number of benzene rings is 2. The van der Waals surface area contributed by atoms with Gasteiger partial charge in [0.25, 0.3) is 0 Å². The Labute approximate surface area is 743 Å². The van der Waals surface area contributed by atoms with Crippen molar-refractivity contribution in [3.63, 3.8) is 0 Å². The van der Waals surface area contributed by atoms with Crippen LogP contribution < -0.4 is 119 Å². The molecular weight excluding hydrogens is 1670 g/mol. The number of hydrogen-bond donors (Lipinski definition) is 28. The Bertz CT molecular complexity index is 4250. The number of amides is 16. The number of phenols is 2. The van der Waals surface area contributed by atoms with Crippen molar-refractivity contribution in [2.24, 2.45) is 58.1 Å². The van der Waals surface area contributed by atoms with Gasteiger partial charge in [-0.25, -0.2) is 0 Å². The summed E-state index contributed by atoms with van der Waals surface area (Å²) >= 11 is 0. The van der Waals surface area contributed by atoms with Crippen molar-refractivity contribution in [1.82, 2.24) is 90.1 Å². The van der Waals surface area contributed by atoms with Gasteiger partial charge in [-0.15, -0.1) is 0 Å². The minimum Gasteiger partial charge on any atom is -0.508 e. The Morgan fingerprint density at radius 3 is 0.953 bits per heavy atom. The number of primary amides is 3. The number of nitrogens with one attached hydrogen (secondary N) is 19. The Morgan fingerprint density at radius 1 is 0.344 bits per heavy atom. The summed E-state index contributed by atoms with van der Waals surface area (Å²) in [5.74, 6) is -18.5. The lowest BCUT2D eigenvalue weighted by atomic mass is 9.98. The number of guanidine groups is 3. The average Bonchev–Trinajstić information content (AvgIpc) is 0.846. The fraction of sp³-hybridized carbons (Fsp3) is 0.566. The maximum absolute atomic E-state index is 15.0. The highest BCUT2D eigenvalue weighted by Gasteiger charge is 2.40. The number of aromatic nitrogens is 1. The molecule has 1 heterocycles. The molecule has 0 bridgehead atoms. The van der Waals surface area contributed by atoms with Gasteiger partial charge in [-0.1, -0.05) is 85.7 Å². The van der Waals surface area contributed by atoms with Gasteiger partial charge in [0.15, 0.2) is 17.9 Å². The predicted molar refractivity (Wildman–Crippen MR) is 471 cm³/mol. The molecule has 45 nitrogen and oxygen atoms in total. The van der Waals surface area contributed by atoms with Gasteiger partial charge in [0.1, 0.15) is 90.0 Å². The van der Waals surface area contributed by atoms with Crippen molar-refractivity contribution in [2.75, 3.05) is 19.6 Å². The third kappa shape index (κ3) is 42.9. The molecule has 34 N–H and O–H groups in total. The lowest BCUT2D eigenvalue weighted by Crippen LogP contribution is -2.62. The van der Waals surface area contributed by atoms with E-state index in [1.165, 1.54) is 67.8 Å². The first kappa shape index (κ1) is 109. The SMILES string of the molecule is CC(=O)N[C@@H](CC(C)C)C(=O)N[C@@H](CCCNC(=N)N)C(=O)N[C@@H](Cc1cccnc1)C(=O)N[C@@H](Cc1ccc(O)cc1)C(=O)N[C@@H](CC(C)C)C(=O)N[C@@H](CC(N)=O)C(=O)N[C@@H](CC(C)C)C(=O)N[C@@H](CC(C)C)C(=O)N[C@H](C(=O)N[C@@H](CCCNC(=N)N)C(=O)N[C@@H](CCC(N)=O)C(=O)N[C@@H](CCCNC(=N)N)C(=O)N[C@@H](Cc1ccc(O)cc1)C(N)=O)[C@@H](C)O. The molecule has 3 rings (SSSR count). The van der Waals surface area contributed by atoms with Crippen LogP contribution >= 0.6 is 0 Å². The van der Waals surface area contributed by atoms with Gasteiger partial charge < -0.3 is 135 Å². The van der Waals surface area contributed by atoms with Gasteiger partial charge in [0, 0.05) is 64.6 Å².